The van der Waals surface area contributed by atoms with E-state index in [4.69, 9.17) is 4.74 Å². The average molecular weight is 273 g/mol. The Labute approximate surface area is 116 Å². The van der Waals surface area contributed by atoms with Crippen molar-refractivity contribution in [2.75, 3.05) is 13.2 Å². The fraction of sp³-hybridized carbons (Fsp3) is 0.312. The SMILES string of the molecule is O=C(NC[C@@H]1CCCO1)c1ccc(F)c2ccccc12. The maximum atomic E-state index is 13.7. The van der Waals surface area contributed by atoms with Gasteiger partial charge in [-0.1, -0.05) is 24.3 Å². The summed E-state index contributed by atoms with van der Waals surface area (Å²) in [6.45, 7) is 1.27. The third-order valence-corrected chi connectivity index (χ3v) is 3.63. The van der Waals surface area contributed by atoms with Crippen molar-refractivity contribution < 1.29 is 13.9 Å². The highest BCUT2D eigenvalue weighted by Gasteiger charge is 2.18. The Morgan fingerprint density at radius 1 is 1.25 bits per heavy atom. The molecule has 0 bridgehead atoms. The van der Waals surface area contributed by atoms with E-state index in [1.165, 1.54) is 12.1 Å². The van der Waals surface area contributed by atoms with Crippen LogP contribution in [0.25, 0.3) is 10.8 Å². The quantitative estimate of drug-likeness (QED) is 0.933. The number of rotatable bonds is 3. The Morgan fingerprint density at radius 3 is 2.80 bits per heavy atom. The van der Waals surface area contributed by atoms with Crippen molar-refractivity contribution in [1.82, 2.24) is 5.32 Å². The van der Waals surface area contributed by atoms with E-state index in [1.807, 2.05) is 0 Å². The highest BCUT2D eigenvalue weighted by atomic mass is 19.1. The molecule has 20 heavy (non-hydrogen) atoms. The fourth-order valence-corrected chi connectivity index (χ4v) is 2.57. The molecule has 0 radical (unpaired) electrons. The number of carbonyl (C=O) groups is 1. The molecule has 0 aliphatic carbocycles. The van der Waals surface area contributed by atoms with Crippen molar-refractivity contribution in [3.05, 3.63) is 47.8 Å². The van der Waals surface area contributed by atoms with Crippen LogP contribution in [0.1, 0.15) is 23.2 Å². The molecule has 0 unspecified atom stereocenters. The van der Waals surface area contributed by atoms with E-state index < -0.39 is 0 Å². The third kappa shape index (κ3) is 2.51. The monoisotopic (exact) mass is 273 g/mol. The molecule has 3 rings (SSSR count). The van der Waals surface area contributed by atoms with Crippen molar-refractivity contribution in [3.8, 4) is 0 Å². The summed E-state index contributed by atoms with van der Waals surface area (Å²) in [5, 5.41) is 3.97. The molecule has 104 valence electrons. The number of fused-ring (bicyclic) bond motifs is 1. The Bertz CT molecular complexity index is 635. The van der Waals surface area contributed by atoms with Crippen LogP contribution in [0, 0.1) is 5.82 Å². The lowest BCUT2D eigenvalue weighted by Gasteiger charge is -2.12. The van der Waals surface area contributed by atoms with Crippen LogP contribution in [-0.4, -0.2) is 25.2 Å². The second-order valence-electron chi connectivity index (χ2n) is 4.99. The van der Waals surface area contributed by atoms with E-state index in [0.29, 0.717) is 22.9 Å². The second kappa shape index (κ2) is 5.59. The molecule has 2 aromatic carbocycles. The molecule has 1 fully saturated rings. The Balaban J connectivity index is 1.82. The molecule has 1 N–H and O–H groups in total. The average Bonchev–Trinajstić information content (AvgIpc) is 2.99. The zero-order valence-corrected chi connectivity index (χ0v) is 11.1. The second-order valence-corrected chi connectivity index (χ2v) is 4.99. The number of nitrogens with one attached hydrogen (secondary N) is 1. The largest absolute Gasteiger partial charge is 0.376 e. The third-order valence-electron chi connectivity index (χ3n) is 3.63. The molecule has 2 aromatic rings. The van der Waals surface area contributed by atoms with E-state index in [1.54, 1.807) is 24.3 Å². The summed E-state index contributed by atoms with van der Waals surface area (Å²) in [5.74, 6) is -0.493. The van der Waals surface area contributed by atoms with E-state index >= 15 is 0 Å². The van der Waals surface area contributed by atoms with Gasteiger partial charge in [-0.25, -0.2) is 4.39 Å². The minimum Gasteiger partial charge on any atom is -0.376 e. The molecule has 1 amide bonds. The number of halogens is 1. The molecule has 1 saturated heterocycles. The highest BCUT2D eigenvalue weighted by Crippen LogP contribution is 2.21. The Morgan fingerprint density at radius 2 is 2.05 bits per heavy atom. The van der Waals surface area contributed by atoms with Crippen LogP contribution < -0.4 is 5.32 Å². The van der Waals surface area contributed by atoms with Crippen molar-refractivity contribution in [1.29, 1.82) is 0 Å². The van der Waals surface area contributed by atoms with Crippen LogP contribution in [0.2, 0.25) is 0 Å². The van der Waals surface area contributed by atoms with Gasteiger partial charge in [-0.05, 0) is 30.4 Å². The Hall–Kier alpha value is -1.94. The number of carbonyl (C=O) groups excluding carboxylic acids is 1. The zero-order chi connectivity index (χ0) is 13.9. The predicted molar refractivity (Wildman–Crippen MR) is 75.2 cm³/mol. The van der Waals surface area contributed by atoms with Gasteiger partial charge >= 0.3 is 0 Å². The fourth-order valence-electron chi connectivity index (χ4n) is 2.57. The summed E-state index contributed by atoms with van der Waals surface area (Å²) < 4.78 is 19.2. The van der Waals surface area contributed by atoms with Gasteiger partial charge in [0.25, 0.3) is 5.91 Å². The standard InChI is InChI=1S/C16H16FNO2/c17-15-8-7-14(12-5-1-2-6-13(12)15)16(19)18-10-11-4-3-9-20-11/h1-2,5-8,11H,3-4,9-10H2,(H,18,19)/t11-/m0/s1. The summed E-state index contributed by atoms with van der Waals surface area (Å²) in [6, 6.07) is 9.88. The summed E-state index contributed by atoms with van der Waals surface area (Å²) in [6.07, 6.45) is 2.12. The number of hydrogen-bond donors (Lipinski definition) is 1. The molecule has 3 nitrogen and oxygen atoms in total. The Kier molecular flexibility index (Phi) is 3.65. The molecule has 4 heteroatoms. The topological polar surface area (TPSA) is 38.3 Å². The summed E-state index contributed by atoms with van der Waals surface area (Å²) in [7, 11) is 0. The van der Waals surface area contributed by atoms with Crippen LogP contribution in [0.5, 0.6) is 0 Å². The molecule has 1 aliphatic rings. The molecule has 1 atom stereocenters. The number of ether oxygens (including phenoxy) is 1. The molecule has 0 saturated carbocycles. The van der Waals surface area contributed by atoms with Crippen LogP contribution >= 0.6 is 0 Å². The lowest BCUT2D eigenvalue weighted by atomic mass is 10.0. The van der Waals surface area contributed by atoms with E-state index in [-0.39, 0.29) is 17.8 Å². The first kappa shape index (κ1) is 13.1. The van der Waals surface area contributed by atoms with Crippen LogP contribution in [0.15, 0.2) is 36.4 Å². The predicted octanol–water partition coefficient (Wildman–Crippen LogP) is 2.89. The van der Waals surface area contributed by atoms with Gasteiger partial charge in [0.2, 0.25) is 0 Å². The van der Waals surface area contributed by atoms with Crippen LogP contribution in [0.3, 0.4) is 0 Å². The van der Waals surface area contributed by atoms with E-state index in [0.717, 1.165) is 19.4 Å². The number of benzene rings is 2. The molecule has 0 spiro atoms. The van der Waals surface area contributed by atoms with Crippen LogP contribution in [0.4, 0.5) is 4.39 Å². The molecule has 1 aliphatic heterocycles. The van der Waals surface area contributed by atoms with Crippen LogP contribution in [-0.2, 0) is 4.74 Å². The van der Waals surface area contributed by atoms with Gasteiger partial charge in [-0.2, -0.15) is 0 Å². The van der Waals surface area contributed by atoms with Gasteiger partial charge in [0.1, 0.15) is 5.82 Å². The first-order valence-electron chi connectivity index (χ1n) is 6.83. The lowest BCUT2D eigenvalue weighted by molar-refractivity contribution is 0.0859. The molecular weight excluding hydrogens is 257 g/mol. The van der Waals surface area contributed by atoms with Gasteiger partial charge < -0.3 is 10.1 Å². The van der Waals surface area contributed by atoms with Crippen molar-refractivity contribution in [2.24, 2.45) is 0 Å². The maximum Gasteiger partial charge on any atom is 0.252 e. The molecule has 0 aromatic heterocycles. The minimum absolute atomic E-state index is 0.102. The summed E-state index contributed by atoms with van der Waals surface area (Å²) >= 11 is 0. The zero-order valence-electron chi connectivity index (χ0n) is 11.1. The maximum absolute atomic E-state index is 13.7. The lowest BCUT2D eigenvalue weighted by Crippen LogP contribution is -2.31. The normalized spacial score (nSPS) is 18.4. The first-order chi connectivity index (χ1) is 9.75. The first-order valence-corrected chi connectivity index (χ1v) is 6.83. The van der Waals surface area contributed by atoms with Crippen molar-refractivity contribution in [2.45, 2.75) is 18.9 Å². The summed E-state index contributed by atoms with van der Waals surface area (Å²) in [4.78, 5) is 12.2. The van der Waals surface area contributed by atoms with Crippen molar-refractivity contribution >= 4 is 16.7 Å². The number of hydrogen-bond acceptors (Lipinski definition) is 2. The smallest absolute Gasteiger partial charge is 0.252 e. The molecular formula is C16H16FNO2. The molecule has 1 heterocycles. The summed E-state index contributed by atoms with van der Waals surface area (Å²) in [5.41, 5.74) is 0.500. The van der Waals surface area contributed by atoms with Gasteiger partial charge in [0.15, 0.2) is 0 Å². The number of amides is 1. The highest BCUT2D eigenvalue weighted by molar-refractivity contribution is 6.07. The van der Waals surface area contributed by atoms with E-state index in [2.05, 4.69) is 5.32 Å². The van der Waals surface area contributed by atoms with Crippen molar-refractivity contribution in [3.63, 3.8) is 0 Å². The van der Waals surface area contributed by atoms with E-state index in [9.17, 15) is 9.18 Å². The van der Waals surface area contributed by atoms with Gasteiger partial charge in [-0.3, -0.25) is 4.79 Å². The van der Waals surface area contributed by atoms with Gasteiger partial charge in [0, 0.05) is 24.1 Å². The van der Waals surface area contributed by atoms with Gasteiger partial charge in [-0.15, -0.1) is 0 Å². The minimum atomic E-state index is -0.309. The van der Waals surface area contributed by atoms with Gasteiger partial charge in [0.05, 0.1) is 6.10 Å².